The maximum absolute atomic E-state index is 11.9. The maximum atomic E-state index is 11.9. The van der Waals surface area contributed by atoms with Gasteiger partial charge in [-0.2, -0.15) is 0 Å². The number of nitrogens with zero attached hydrogens (tertiary/aromatic N) is 1. The van der Waals surface area contributed by atoms with Crippen molar-refractivity contribution < 1.29 is 9.90 Å². The normalized spacial score (nSPS) is 10.4. The minimum atomic E-state index is -0.0686. The van der Waals surface area contributed by atoms with E-state index in [0.717, 1.165) is 16.3 Å². The molecule has 0 fully saturated rings. The number of hydrogen-bond acceptors (Lipinski definition) is 4. The van der Waals surface area contributed by atoms with Gasteiger partial charge in [-0.1, -0.05) is 18.2 Å². The molecular weight excluding hydrogens is 308 g/mol. The minimum absolute atomic E-state index is 0.0686. The Morgan fingerprint density at radius 2 is 1.83 bits per heavy atom. The molecule has 0 saturated heterocycles. The van der Waals surface area contributed by atoms with Gasteiger partial charge < -0.3 is 10.4 Å². The molecule has 0 saturated carbocycles. The second-order valence-electron chi connectivity index (χ2n) is 5.05. The molecule has 1 amide bonds. The summed E-state index contributed by atoms with van der Waals surface area (Å²) in [6, 6.07) is 16.1. The molecule has 3 rings (SSSR count). The zero-order chi connectivity index (χ0) is 16.1. The van der Waals surface area contributed by atoms with Crippen molar-refractivity contribution in [2.24, 2.45) is 0 Å². The fourth-order valence-electron chi connectivity index (χ4n) is 2.17. The molecule has 0 unspecified atom stereocenters. The van der Waals surface area contributed by atoms with Crippen LogP contribution < -0.4 is 5.32 Å². The Balaban J connectivity index is 1.55. The SMILES string of the molecule is O=C(NCCc1nc(-c2ccc(O)cc2)cs1)c1ccccc1. The Kier molecular flexibility index (Phi) is 4.68. The number of carbonyl (C=O) groups excluding carboxylic acids is 1. The first kappa shape index (κ1) is 15.2. The van der Waals surface area contributed by atoms with E-state index < -0.39 is 0 Å². The minimum Gasteiger partial charge on any atom is -0.508 e. The topological polar surface area (TPSA) is 62.2 Å². The lowest BCUT2D eigenvalue weighted by molar-refractivity contribution is 0.0954. The number of amides is 1. The van der Waals surface area contributed by atoms with Gasteiger partial charge in [-0.3, -0.25) is 4.79 Å². The van der Waals surface area contributed by atoms with E-state index in [4.69, 9.17) is 0 Å². The number of phenolic OH excluding ortho intramolecular Hbond substituents is 1. The van der Waals surface area contributed by atoms with E-state index in [1.807, 2.05) is 35.7 Å². The first-order chi connectivity index (χ1) is 11.2. The summed E-state index contributed by atoms with van der Waals surface area (Å²) in [5, 5.41) is 15.2. The lowest BCUT2D eigenvalue weighted by atomic mass is 10.2. The average Bonchev–Trinajstić information content (AvgIpc) is 3.05. The van der Waals surface area contributed by atoms with Gasteiger partial charge in [0, 0.05) is 29.5 Å². The molecule has 0 aliphatic carbocycles. The van der Waals surface area contributed by atoms with Crippen LogP contribution in [0.1, 0.15) is 15.4 Å². The van der Waals surface area contributed by atoms with Crippen molar-refractivity contribution >= 4 is 17.2 Å². The van der Waals surface area contributed by atoms with Crippen molar-refractivity contribution in [1.29, 1.82) is 0 Å². The zero-order valence-corrected chi connectivity index (χ0v) is 13.2. The van der Waals surface area contributed by atoms with Crippen LogP contribution in [0.5, 0.6) is 5.75 Å². The summed E-state index contributed by atoms with van der Waals surface area (Å²) in [7, 11) is 0. The smallest absolute Gasteiger partial charge is 0.251 e. The number of nitrogens with one attached hydrogen (secondary N) is 1. The molecule has 4 nitrogen and oxygen atoms in total. The summed E-state index contributed by atoms with van der Waals surface area (Å²) in [6.45, 7) is 0.552. The lowest BCUT2D eigenvalue weighted by Crippen LogP contribution is -2.25. The highest BCUT2D eigenvalue weighted by Crippen LogP contribution is 2.23. The second-order valence-corrected chi connectivity index (χ2v) is 5.99. The van der Waals surface area contributed by atoms with Gasteiger partial charge >= 0.3 is 0 Å². The van der Waals surface area contributed by atoms with E-state index >= 15 is 0 Å². The predicted octanol–water partition coefficient (Wildman–Crippen LogP) is 3.49. The third-order valence-electron chi connectivity index (χ3n) is 3.38. The average molecular weight is 324 g/mol. The van der Waals surface area contributed by atoms with E-state index in [9.17, 15) is 9.90 Å². The van der Waals surface area contributed by atoms with Gasteiger partial charge in [-0.25, -0.2) is 4.98 Å². The lowest BCUT2D eigenvalue weighted by Gasteiger charge is -2.03. The Bertz CT molecular complexity index is 782. The zero-order valence-electron chi connectivity index (χ0n) is 12.4. The second kappa shape index (κ2) is 7.07. The molecule has 2 N–H and O–H groups in total. The molecule has 0 atom stereocenters. The first-order valence-electron chi connectivity index (χ1n) is 7.29. The van der Waals surface area contributed by atoms with Gasteiger partial charge in [0.25, 0.3) is 5.91 Å². The number of aromatic hydroxyl groups is 1. The summed E-state index contributed by atoms with van der Waals surface area (Å²) in [6.07, 6.45) is 0.696. The molecule has 0 aliphatic rings. The molecular formula is C18H16N2O2S. The Labute approximate surface area is 138 Å². The molecule has 2 aromatic carbocycles. The molecule has 3 aromatic rings. The molecule has 5 heteroatoms. The maximum Gasteiger partial charge on any atom is 0.251 e. The van der Waals surface area contributed by atoms with E-state index in [0.29, 0.717) is 18.5 Å². The van der Waals surface area contributed by atoms with Gasteiger partial charge in [0.1, 0.15) is 5.75 Å². The third-order valence-corrected chi connectivity index (χ3v) is 4.28. The van der Waals surface area contributed by atoms with Gasteiger partial charge in [-0.15, -0.1) is 11.3 Å². The number of thiazole rings is 1. The largest absolute Gasteiger partial charge is 0.508 e. The van der Waals surface area contributed by atoms with Crippen LogP contribution in [-0.2, 0) is 6.42 Å². The van der Waals surface area contributed by atoms with Crippen molar-refractivity contribution in [3.63, 3.8) is 0 Å². The number of rotatable bonds is 5. The number of benzene rings is 2. The van der Waals surface area contributed by atoms with Crippen LogP contribution in [0.25, 0.3) is 11.3 Å². The van der Waals surface area contributed by atoms with E-state index in [2.05, 4.69) is 10.3 Å². The van der Waals surface area contributed by atoms with Crippen molar-refractivity contribution in [1.82, 2.24) is 10.3 Å². The third kappa shape index (κ3) is 3.96. The van der Waals surface area contributed by atoms with Crippen LogP contribution in [-0.4, -0.2) is 22.5 Å². The van der Waals surface area contributed by atoms with Crippen LogP contribution in [0.3, 0.4) is 0 Å². The van der Waals surface area contributed by atoms with Crippen molar-refractivity contribution in [2.45, 2.75) is 6.42 Å². The fraction of sp³-hybridized carbons (Fsp3) is 0.111. The van der Waals surface area contributed by atoms with Crippen LogP contribution in [0, 0.1) is 0 Å². The summed E-state index contributed by atoms with van der Waals surface area (Å²) in [5.74, 6) is 0.175. The van der Waals surface area contributed by atoms with Gasteiger partial charge in [0.15, 0.2) is 0 Å². The highest BCUT2D eigenvalue weighted by molar-refractivity contribution is 7.09. The van der Waals surface area contributed by atoms with Crippen molar-refractivity contribution in [2.75, 3.05) is 6.54 Å². The molecule has 116 valence electrons. The quantitative estimate of drug-likeness (QED) is 0.755. The summed E-state index contributed by atoms with van der Waals surface area (Å²) in [5.41, 5.74) is 2.52. The molecule has 0 aliphatic heterocycles. The van der Waals surface area contributed by atoms with Crippen LogP contribution in [0.15, 0.2) is 60.0 Å². The molecule has 1 aromatic heterocycles. The predicted molar refractivity (Wildman–Crippen MR) is 91.7 cm³/mol. The number of aromatic nitrogens is 1. The Hall–Kier alpha value is -2.66. The highest BCUT2D eigenvalue weighted by atomic mass is 32.1. The van der Waals surface area contributed by atoms with E-state index in [1.54, 1.807) is 35.6 Å². The molecule has 0 spiro atoms. The van der Waals surface area contributed by atoms with Gasteiger partial charge in [-0.05, 0) is 36.4 Å². The number of phenols is 1. The standard InChI is InChI=1S/C18H16N2O2S/c21-15-8-6-13(7-9-15)16-12-23-17(20-16)10-11-19-18(22)14-4-2-1-3-5-14/h1-9,12,21H,10-11H2,(H,19,22). The molecule has 0 bridgehead atoms. The number of hydrogen-bond donors (Lipinski definition) is 2. The number of carbonyl (C=O) groups is 1. The van der Waals surface area contributed by atoms with Crippen LogP contribution >= 0.6 is 11.3 Å². The van der Waals surface area contributed by atoms with Crippen molar-refractivity contribution in [3.8, 4) is 17.0 Å². The summed E-state index contributed by atoms with van der Waals surface area (Å²) in [4.78, 5) is 16.5. The van der Waals surface area contributed by atoms with E-state index in [-0.39, 0.29) is 11.7 Å². The monoisotopic (exact) mass is 324 g/mol. The molecule has 0 radical (unpaired) electrons. The first-order valence-corrected chi connectivity index (χ1v) is 8.17. The van der Waals surface area contributed by atoms with Gasteiger partial charge in [0.05, 0.1) is 10.7 Å². The fourth-order valence-corrected chi connectivity index (χ4v) is 2.97. The Morgan fingerprint density at radius 3 is 2.57 bits per heavy atom. The molecule has 23 heavy (non-hydrogen) atoms. The van der Waals surface area contributed by atoms with Gasteiger partial charge in [0.2, 0.25) is 0 Å². The van der Waals surface area contributed by atoms with Crippen LogP contribution in [0.4, 0.5) is 0 Å². The summed E-state index contributed by atoms with van der Waals surface area (Å²) < 4.78 is 0. The summed E-state index contributed by atoms with van der Waals surface area (Å²) >= 11 is 1.57. The molecule has 1 heterocycles. The van der Waals surface area contributed by atoms with Crippen LogP contribution in [0.2, 0.25) is 0 Å². The van der Waals surface area contributed by atoms with Crippen molar-refractivity contribution in [3.05, 3.63) is 70.5 Å². The Morgan fingerprint density at radius 1 is 1.09 bits per heavy atom. The highest BCUT2D eigenvalue weighted by Gasteiger charge is 2.07. The van der Waals surface area contributed by atoms with E-state index in [1.165, 1.54) is 0 Å².